The van der Waals surface area contributed by atoms with Crippen LogP contribution in [0.4, 0.5) is 0 Å². The van der Waals surface area contributed by atoms with E-state index in [-0.39, 0.29) is 0 Å². The second-order valence-electron chi connectivity index (χ2n) is 23.9. The SMILES string of the molecule is Cc1cc(C)c(C2=C3C=CC(=N3)C(=C=C=C=C=C3C4=NC(=C(c5c(C)cc(C)cc5C)c5ccc([nH]5)-c5ccc([nH]5)C(c5c(C)cc(C)cc5C)=C5C=CC3=N5)C=C4)C3=NC(=C(c4c(C)cc(C)cc4C)c4ccc([nH]4)-c4ccc2[nH]4)C=C3)c(C)c1. The Balaban J connectivity index is 1.05. The number of H-pyrrole nitrogens is 4. The van der Waals surface area contributed by atoms with Gasteiger partial charge in [0.2, 0.25) is 0 Å². The summed E-state index contributed by atoms with van der Waals surface area (Å²) in [7, 11) is 0. The maximum absolute atomic E-state index is 5.50. The Morgan fingerprint density at radius 1 is 0.256 bits per heavy atom. The summed E-state index contributed by atoms with van der Waals surface area (Å²) >= 11 is 0. The molecule has 86 heavy (non-hydrogen) atoms. The van der Waals surface area contributed by atoms with Crippen LogP contribution in [-0.4, -0.2) is 42.8 Å². The number of aliphatic imine (C=N–C) groups is 4. The summed E-state index contributed by atoms with van der Waals surface area (Å²) in [6.07, 6.45) is 16.7. The summed E-state index contributed by atoms with van der Waals surface area (Å²) in [5.41, 5.74) is 51.9. The van der Waals surface area contributed by atoms with Gasteiger partial charge in [-0.1, -0.05) is 70.8 Å². The Labute approximate surface area is 502 Å². The molecule has 10 heterocycles. The number of aromatic amines is 4. The van der Waals surface area contributed by atoms with Crippen LogP contribution in [0.2, 0.25) is 0 Å². The molecule has 0 aliphatic carbocycles. The van der Waals surface area contributed by atoms with Crippen LogP contribution in [0.25, 0.3) is 45.1 Å². The topological polar surface area (TPSA) is 113 Å². The smallest absolute Gasteiger partial charge is 0.0816 e. The summed E-state index contributed by atoms with van der Waals surface area (Å²) in [5, 5.41) is 0. The summed E-state index contributed by atoms with van der Waals surface area (Å²) < 4.78 is 0. The van der Waals surface area contributed by atoms with E-state index in [1.807, 2.05) is 0 Å². The third kappa shape index (κ3) is 9.23. The van der Waals surface area contributed by atoms with Crippen LogP contribution in [0.3, 0.4) is 0 Å². The van der Waals surface area contributed by atoms with Crippen molar-refractivity contribution in [3.05, 3.63) is 314 Å². The predicted molar refractivity (Wildman–Crippen MR) is 355 cm³/mol. The first-order chi connectivity index (χ1) is 41.5. The standard InChI is InChI=1S/C78H64N8/c1-41-33-45(5)71(46(6)34-41)75-63-25-17-55(79-63)53(56-18-26-64(80-56)76(72-47(7)35-42(2)36-48(72)8)68-30-22-60(84-68)59-21-29-67(75)83-59)15-13-14-16-54-57-19-27-65(81-57)77(73-49(9)37-43(3)38-50(73)10)69-31-23-61(85-69)62-24-32-70(86-62)78(66-28-20-58(54)82-66)74-51(11)39-44(4)40-52(74)12/h17-40,83-86H,1-12H3. The summed E-state index contributed by atoms with van der Waals surface area (Å²) in [5.74, 6) is 0. The average Bonchev–Trinajstić information content (AvgIpc) is 2.13. The average molecular weight is 1110 g/mol. The number of aryl methyl sites for hydroxylation is 12. The van der Waals surface area contributed by atoms with Gasteiger partial charge in [0.1, 0.15) is 0 Å². The summed E-state index contributed by atoms with van der Waals surface area (Å²) in [6.45, 7) is 26.1. The number of hydrogen-bond donors (Lipinski definition) is 4. The number of hydrogen-bond acceptors (Lipinski definition) is 4. The molecular weight excluding hydrogens is 1050 g/mol. The fourth-order valence-electron chi connectivity index (χ4n) is 14.0. The minimum atomic E-state index is 0.663. The van der Waals surface area contributed by atoms with Gasteiger partial charge in [-0.2, -0.15) is 0 Å². The molecule has 6 aliphatic rings. The Hall–Kier alpha value is -10.5. The lowest BCUT2D eigenvalue weighted by Gasteiger charge is -2.16. The normalized spacial score (nSPS) is 15.6. The van der Waals surface area contributed by atoms with Crippen LogP contribution in [-0.2, 0) is 0 Å². The highest BCUT2D eigenvalue weighted by Crippen LogP contribution is 2.42. The van der Waals surface area contributed by atoms with Gasteiger partial charge in [-0.05, 0) is 270 Å². The quantitative estimate of drug-likeness (QED) is 0.126. The molecule has 4 aromatic carbocycles. The van der Waals surface area contributed by atoms with E-state index < -0.39 is 0 Å². The first-order valence-corrected chi connectivity index (χ1v) is 29.4. The van der Waals surface area contributed by atoms with E-state index in [4.69, 9.17) is 20.0 Å². The van der Waals surface area contributed by atoms with Crippen molar-refractivity contribution >= 4 is 45.1 Å². The van der Waals surface area contributed by atoms with E-state index in [9.17, 15) is 0 Å². The van der Waals surface area contributed by atoms with Crippen molar-refractivity contribution in [1.29, 1.82) is 0 Å². The van der Waals surface area contributed by atoms with Crippen LogP contribution in [0, 0.1) is 83.1 Å². The fourth-order valence-corrected chi connectivity index (χ4v) is 14.0. The number of rotatable bonds is 4. The van der Waals surface area contributed by atoms with Crippen LogP contribution < -0.4 is 0 Å². The van der Waals surface area contributed by atoms with Gasteiger partial charge in [0, 0.05) is 45.1 Å². The number of nitrogens with one attached hydrogen (secondary N) is 4. The highest BCUT2D eigenvalue weighted by atomic mass is 14.9. The van der Waals surface area contributed by atoms with Gasteiger partial charge in [-0.15, -0.1) is 0 Å². The molecule has 0 spiro atoms. The maximum atomic E-state index is 5.50. The molecule has 8 heteroatoms. The fraction of sp³-hybridized carbons (Fsp3) is 0.154. The maximum Gasteiger partial charge on any atom is 0.0816 e. The van der Waals surface area contributed by atoms with Crippen LogP contribution in [0.15, 0.2) is 222 Å². The molecule has 0 atom stereocenters. The van der Waals surface area contributed by atoms with E-state index in [0.29, 0.717) is 34.0 Å². The Kier molecular flexibility index (Phi) is 12.8. The van der Waals surface area contributed by atoms with Gasteiger partial charge in [0.25, 0.3) is 0 Å². The molecule has 416 valence electrons. The van der Waals surface area contributed by atoms with Crippen LogP contribution >= 0.6 is 0 Å². The van der Waals surface area contributed by atoms with Crippen LogP contribution in [0.1, 0.15) is 112 Å². The van der Waals surface area contributed by atoms with E-state index >= 15 is 0 Å². The number of fused-ring (bicyclic) bond motifs is 14. The number of benzene rings is 4. The second kappa shape index (κ2) is 20.7. The van der Waals surface area contributed by atoms with Crippen molar-refractivity contribution < 1.29 is 0 Å². The molecule has 4 aromatic heterocycles. The third-order valence-corrected chi connectivity index (χ3v) is 17.2. The Morgan fingerprint density at radius 2 is 0.453 bits per heavy atom. The molecule has 16 bridgehead atoms. The molecule has 0 unspecified atom stereocenters. The molecule has 4 N–H and O–H groups in total. The molecule has 0 amide bonds. The molecule has 8 nitrogen and oxygen atoms in total. The zero-order valence-electron chi connectivity index (χ0n) is 50.6. The Bertz CT molecular complexity index is 4310. The zero-order chi connectivity index (χ0) is 59.4. The lowest BCUT2D eigenvalue weighted by Crippen LogP contribution is -2.06. The molecule has 0 fully saturated rings. The largest absolute Gasteiger partial charge is 0.353 e. The minimum Gasteiger partial charge on any atom is -0.353 e. The van der Waals surface area contributed by atoms with Crippen molar-refractivity contribution in [1.82, 2.24) is 19.9 Å². The first-order valence-electron chi connectivity index (χ1n) is 29.4. The molecule has 6 aliphatic heterocycles. The van der Waals surface area contributed by atoms with Crippen LogP contribution in [0.5, 0.6) is 0 Å². The highest BCUT2D eigenvalue weighted by Gasteiger charge is 2.29. The van der Waals surface area contributed by atoms with E-state index in [2.05, 4.69) is 272 Å². The van der Waals surface area contributed by atoms with Gasteiger partial charge < -0.3 is 19.9 Å². The minimum absolute atomic E-state index is 0.663. The van der Waals surface area contributed by atoms with Crippen molar-refractivity contribution in [3.8, 4) is 22.8 Å². The Morgan fingerprint density at radius 3 is 0.663 bits per heavy atom. The van der Waals surface area contributed by atoms with Gasteiger partial charge in [-0.25, -0.2) is 20.0 Å². The number of aromatic nitrogens is 4. The number of allylic oxidation sites excluding steroid dienone is 10. The van der Waals surface area contributed by atoms with Gasteiger partial charge in [0.05, 0.1) is 79.6 Å². The third-order valence-electron chi connectivity index (χ3n) is 17.2. The highest BCUT2D eigenvalue weighted by molar-refractivity contribution is 6.34. The molecule has 14 rings (SSSR count). The number of nitrogens with zero attached hydrogens (tertiary/aromatic N) is 4. The first kappa shape index (κ1) is 53.5. The van der Waals surface area contributed by atoms with Gasteiger partial charge in [0.15, 0.2) is 0 Å². The van der Waals surface area contributed by atoms with Crippen molar-refractivity contribution in [2.75, 3.05) is 0 Å². The molecular formula is C78H64N8. The molecule has 0 radical (unpaired) electrons. The summed E-state index contributed by atoms with van der Waals surface area (Å²) in [6, 6.07) is 35.3. The van der Waals surface area contributed by atoms with Gasteiger partial charge >= 0.3 is 0 Å². The predicted octanol–water partition coefficient (Wildman–Crippen LogP) is 17.8. The van der Waals surface area contributed by atoms with E-state index in [1.54, 1.807) is 0 Å². The van der Waals surface area contributed by atoms with E-state index in [0.717, 1.165) is 113 Å². The molecule has 8 aromatic rings. The van der Waals surface area contributed by atoms with E-state index in [1.165, 1.54) is 66.8 Å². The lowest BCUT2D eigenvalue weighted by atomic mass is 9.90. The van der Waals surface area contributed by atoms with Crippen molar-refractivity contribution in [3.63, 3.8) is 0 Å². The van der Waals surface area contributed by atoms with Gasteiger partial charge in [-0.3, -0.25) is 0 Å². The van der Waals surface area contributed by atoms with Crippen molar-refractivity contribution in [2.45, 2.75) is 83.1 Å². The monoisotopic (exact) mass is 1110 g/mol. The second-order valence-corrected chi connectivity index (χ2v) is 23.9. The lowest BCUT2D eigenvalue weighted by molar-refractivity contribution is 1.23. The van der Waals surface area contributed by atoms with Crippen molar-refractivity contribution in [2.24, 2.45) is 20.0 Å². The molecule has 0 saturated heterocycles. The molecule has 0 saturated carbocycles. The zero-order valence-corrected chi connectivity index (χ0v) is 50.6. The summed E-state index contributed by atoms with van der Waals surface area (Å²) in [4.78, 5) is 37.3.